The first kappa shape index (κ1) is 23.1. The number of furan rings is 1. The van der Waals surface area contributed by atoms with E-state index in [1.165, 1.54) is 17.0 Å². The minimum atomic E-state index is -0.840. The predicted octanol–water partition coefficient (Wildman–Crippen LogP) is 4.82. The van der Waals surface area contributed by atoms with Gasteiger partial charge in [0.2, 0.25) is 5.78 Å². The van der Waals surface area contributed by atoms with Crippen molar-refractivity contribution >= 4 is 38.6 Å². The number of ketones is 1. The molecule has 1 aliphatic heterocycles. The monoisotopic (exact) mass is 512 g/mol. The van der Waals surface area contributed by atoms with Crippen LogP contribution in [0, 0.1) is 0 Å². The lowest BCUT2D eigenvalue weighted by atomic mass is 9.95. The van der Waals surface area contributed by atoms with Crippen LogP contribution in [0.5, 0.6) is 5.75 Å². The molecule has 1 unspecified atom stereocenters. The number of aromatic hydroxyl groups is 1. The van der Waals surface area contributed by atoms with Crippen LogP contribution in [0.4, 0.5) is 0 Å². The Kier molecular flexibility index (Phi) is 6.58. The SMILES string of the molecule is CCN(CC)CCN1C(=O)C(O)=C(C(=O)c2cc3cc(Br)ccc3o2)C1c1cccc(O)c1. The van der Waals surface area contributed by atoms with Crippen molar-refractivity contribution in [2.75, 3.05) is 26.2 Å². The summed E-state index contributed by atoms with van der Waals surface area (Å²) in [6.45, 7) is 6.60. The number of phenolic OH excluding ortho intramolecular Hbond substituents is 1. The van der Waals surface area contributed by atoms with Gasteiger partial charge < -0.3 is 24.4 Å². The summed E-state index contributed by atoms with van der Waals surface area (Å²) < 4.78 is 6.59. The molecule has 1 atom stereocenters. The van der Waals surface area contributed by atoms with Crippen LogP contribution in [-0.2, 0) is 4.79 Å². The third kappa shape index (κ3) is 4.41. The molecular weight excluding hydrogens is 488 g/mol. The van der Waals surface area contributed by atoms with Crippen LogP contribution >= 0.6 is 15.9 Å². The van der Waals surface area contributed by atoms with Crippen molar-refractivity contribution in [3.8, 4) is 5.75 Å². The van der Waals surface area contributed by atoms with Gasteiger partial charge in [-0.3, -0.25) is 9.59 Å². The van der Waals surface area contributed by atoms with Gasteiger partial charge in [-0.2, -0.15) is 0 Å². The Bertz CT molecular complexity index is 1240. The fraction of sp³-hybridized carbons (Fsp3) is 0.280. The van der Waals surface area contributed by atoms with Crippen LogP contribution in [0.1, 0.15) is 36.0 Å². The van der Waals surface area contributed by atoms with Gasteiger partial charge in [-0.05, 0) is 55.1 Å². The molecule has 2 N–H and O–H groups in total. The van der Waals surface area contributed by atoms with E-state index >= 15 is 0 Å². The quantitative estimate of drug-likeness (QED) is 0.420. The highest BCUT2D eigenvalue weighted by Gasteiger charge is 2.44. The smallest absolute Gasteiger partial charge is 0.290 e. The summed E-state index contributed by atoms with van der Waals surface area (Å²) in [4.78, 5) is 30.3. The van der Waals surface area contributed by atoms with E-state index in [0.29, 0.717) is 24.2 Å². The summed E-state index contributed by atoms with van der Waals surface area (Å²) in [6.07, 6.45) is 0. The number of carbonyl (C=O) groups is 2. The van der Waals surface area contributed by atoms with Crippen molar-refractivity contribution in [3.63, 3.8) is 0 Å². The van der Waals surface area contributed by atoms with Gasteiger partial charge in [0.1, 0.15) is 11.3 Å². The van der Waals surface area contributed by atoms with Crippen molar-refractivity contribution in [2.45, 2.75) is 19.9 Å². The molecule has 3 aromatic rings. The van der Waals surface area contributed by atoms with E-state index in [2.05, 4.69) is 20.8 Å². The van der Waals surface area contributed by atoms with E-state index < -0.39 is 23.5 Å². The van der Waals surface area contributed by atoms with Gasteiger partial charge in [-0.15, -0.1) is 0 Å². The van der Waals surface area contributed by atoms with Crippen molar-refractivity contribution in [3.05, 3.63) is 75.7 Å². The van der Waals surface area contributed by atoms with Crippen molar-refractivity contribution in [2.24, 2.45) is 0 Å². The van der Waals surface area contributed by atoms with Gasteiger partial charge in [-0.1, -0.05) is 41.9 Å². The first-order valence-corrected chi connectivity index (χ1v) is 11.6. The molecule has 33 heavy (non-hydrogen) atoms. The van der Waals surface area contributed by atoms with Crippen molar-refractivity contribution < 1.29 is 24.2 Å². The highest BCUT2D eigenvalue weighted by atomic mass is 79.9. The molecule has 7 nitrogen and oxygen atoms in total. The van der Waals surface area contributed by atoms with Crippen LogP contribution < -0.4 is 0 Å². The van der Waals surface area contributed by atoms with E-state index in [-0.39, 0.29) is 17.1 Å². The first-order valence-electron chi connectivity index (χ1n) is 10.8. The third-order valence-electron chi connectivity index (χ3n) is 5.99. The van der Waals surface area contributed by atoms with Gasteiger partial charge in [0.15, 0.2) is 11.5 Å². The molecule has 0 spiro atoms. The maximum atomic E-state index is 13.5. The number of hydrogen-bond acceptors (Lipinski definition) is 6. The molecule has 1 aromatic heterocycles. The third-order valence-corrected chi connectivity index (χ3v) is 6.48. The van der Waals surface area contributed by atoms with E-state index in [4.69, 9.17) is 4.42 Å². The van der Waals surface area contributed by atoms with Crippen LogP contribution in [0.15, 0.2) is 68.8 Å². The number of Topliss-reactive ketones (excluding diaryl/α,β-unsaturated/α-hetero) is 1. The molecule has 1 aliphatic rings. The summed E-state index contributed by atoms with van der Waals surface area (Å²) in [5.74, 6) is -1.72. The second-order valence-corrected chi connectivity index (χ2v) is 8.82. The molecule has 0 radical (unpaired) electrons. The maximum Gasteiger partial charge on any atom is 0.290 e. The zero-order valence-electron chi connectivity index (χ0n) is 18.4. The standard InChI is InChI=1S/C25H25BrN2O5/c1-3-27(4-2)10-11-28-22(15-6-5-7-18(29)13-15)21(24(31)25(28)32)23(30)20-14-16-12-17(26)8-9-19(16)33-20/h5-9,12-14,22,29,31H,3-4,10-11H2,1-2H3. The minimum absolute atomic E-state index is 0.00965. The second-order valence-electron chi connectivity index (χ2n) is 7.91. The fourth-order valence-corrected chi connectivity index (χ4v) is 4.58. The van der Waals surface area contributed by atoms with Crippen molar-refractivity contribution in [1.82, 2.24) is 9.80 Å². The number of nitrogens with zero attached hydrogens (tertiary/aromatic N) is 2. The number of carbonyl (C=O) groups excluding carboxylic acids is 2. The highest BCUT2D eigenvalue weighted by Crippen LogP contribution is 2.40. The van der Waals surface area contributed by atoms with Gasteiger partial charge in [0, 0.05) is 22.9 Å². The number of aliphatic hydroxyl groups excluding tert-OH is 1. The topological polar surface area (TPSA) is 94.2 Å². The number of fused-ring (bicyclic) bond motifs is 1. The number of phenols is 1. The molecule has 2 heterocycles. The van der Waals surface area contributed by atoms with Crippen LogP contribution in [0.2, 0.25) is 0 Å². The Morgan fingerprint density at radius 2 is 1.88 bits per heavy atom. The molecule has 0 bridgehead atoms. The Hall–Kier alpha value is -3.10. The molecule has 172 valence electrons. The number of aliphatic hydroxyl groups is 1. The van der Waals surface area contributed by atoms with E-state index in [9.17, 15) is 19.8 Å². The molecule has 8 heteroatoms. The Morgan fingerprint density at radius 1 is 1.12 bits per heavy atom. The van der Waals surface area contributed by atoms with E-state index in [0.717, 1.165) is 22.9 Å². The number of likely N-dealkylation sites (N-methyl/N-ethyl adjacent to an activating group) is 1. The minimum Gasteiger partial charge on any atom is -0.508 e. The number of hydrogen-bond donors (Lipinski definition) is 2. The molecule has 0 fully saturated rings. The molecule has 2 aromatic carbocycles. The maximum absolute atomic E-state index is 13.5. The predicted molar refractivity (Wildman–Crippen MR) is 128 cm³/mol. The van der Waals surface area contributed by atoms with Crippen LogP contribution in [-0.4, -0.2) is 57.9 Å². The van der Waals surface area contributed by atoms with Gasteiger partial charge in [0.25, 0.3) is 5.91 Å². The Morgan fingerprint density at radius 3 is 2.58 bits per heavy atom. The molecule has 1 amide bonds. The van der Waals surface area contributed by atoms with E-state index in [1.807, 2.05) is 19.9 Å². The van der Waals surface area contributed by atoms with E-state index in [1.54, 1.807) is 30.3 Å². The Balaban J connectivity index is 1.76. The molecule has 0 aliphatic carbocycles. The second kappa shape index (κ2) is 9.41. The summed E-state index contributed by atoms with van der Waals surface area (Å²) >= 11 is 3.40. The summed E-state index contributed by atoms with van der Waals surface area (Å²) in [6, 6.07) is 12.5. The van der Waals surface area contributed by atoms with Crippen LogP contribution in [0.3, 0.4) is 0 Å². The number of amides is 1. The normalized spacial score (nSPS) is 16.4. The summed E-state index contributed by atoms with van der Waals surface area (Å²) in [5, 5.41) is 21.6. The fourth-order valence-electron chi connectivity index (χ4n) is 4.21. The number of halogens is 1. The first-order chi connectivity index (χ1) is 15.8. The summed E-state index contributed by atoms with van der Waals surface area (Å²) in [5.41, 5.74) is 1.01. The van der Waals surface area contributed by atoms with Gasteiger partial charge >= 0.3 is 0 Å². The van der Waals surface area contributed by atoms with Gasteiger partial charge in [0.05, 0.1) is 11.6 Å². The lowest BCUT2D eigenvalue weighted by Crippen LogP contribution is -2.38. The molecular formula is C25H25BrN2O5. The number of rotatable bonds is 8. The van der Waals surface area contributed by atoms with Crippen LogP contribution in [0.25, 0.3) is 11.0 Å². The van der Waals surface area contributed by atoms with Gasteiger partial charge in [-0.25, -0.2) is 0 Å². The summed E-state index contributed by atoms with van der Waals surface area (Å²) in [7, 11) is 0. The molecule has 0 saturated carbocycles. The highest BCUT2D eigenvalue weighted by molar-refractivity contribution is 9.10. The number of benzene rings is 2. The zero-order chi connectivity index (χ0) is 23.7. The lowest BCUT2D eigenvalue weighted by molar-refractivity contribution is -0.129. The Labute approximate surface area is 200 Å². The zero-order valence-corrected chi connectivity index (χ0v) is 20.0. The average Bonchev–Trinajstić information content (AvgIpc) is 3.33. The largest absolute Gasteiger partial charge is 0.508 e. The van der Waals surface area contributed by atoms with Crippen molar-refractivity contribution in [1.29, 1.82) is 0 Å². The lowest BCUT2D eigenvalue weighted by Gasteiger charge is -2.29. The molecule has 4 rings (SSSR count). The average molecular weight is 513 g/mol. The molecule has 0 saturated heterocycles.